The quantitative estimate of drug-likeness (QED) is 0.636. The van der Waals surface area contributed by atoms with Gasteiger partial charge in [0.2, 0.25) is 11.8 Å². The fourth-order valence-electron chi connectivity index (χ4n) is 4.83. The standard InChI is InChI=1S/C27H40N4O6/c1-18-14-31(25(32)16-30-9-11-36-12-10-30)19(2)17-37-23-13-21(28-26(33)20-5-6-20)7-8-22(23)27(34)29(3)15-24(18)35-4/h7-8,13,18-20,24H,5-6,9-12,14-17H2,1-4H3,(H,28,33)/t18-,19+,24-/m1/s1. The summed E-state index contributed by atoms with van der Waals surface area (Å²) in [6, 6.07) is 4.90. The Morgan fingerprint density at radius 2 is 1.86 bits per heavy atom. The highest BCUT2D eigenvalue weighted by molar-refractivity contribution is 5.99. The largest absolute Gasteiger partial charge is 0.491 e. The van der Waals surface area contributed by atoms with E-state index in [9.17, 15) is 14.4 Å². The SMILES string of the molecule is CO[C@@H]1CN(C)C(=O)c2ccc(NC(=O)C3CC3)cc2OC[C@H](C)N(C(=O)CN2CCOCC2)C[C@H]1C. The molecule has 37 heavy (non-hydrogen) atoms. The number of hydrogen-bond acceptors (Lipinski definition) is 7. The zero-order chi connectivity index (χ0) is 26.5. The summed E-state index contributed by atoms with van der Waals surface area (Å²) in [6.07, 6.45) is 1.56. The third-order valence-corrected chi connectivity index (χ3v) is 7.45. The van der Waals surface area contributed by atoms with Gasteiger partial charge in [0, 0.05) is 63.9 Å². The summed E-state index contributed by atoms with van der Waals surface area (Å²) in [7, 11) is 3.38. The Kier molecular flexibility index (Phi) is 9.04. The molecule has 3 atom stereocenters. The van der Waals surface area contributed by atoms with Gasteiger partial charge < -0.3 is 29.3 Å². The van der Waals surface area contributed by atoms with Gasteiger partial charge in [0.1, 0.15) is 12.4 Å². The van der Waals surface area contributed by atoms with Gasteiger partial charge in [0.25, 0.3) is 5.91 Å². The molecule has 2 fully saturated rings. The molecule has 10 nitrogen and oxygen atoms in total. The number of rotatable bonds is 5. The Morgan fingerprint density at radius 3 is 2.54 bits per heavy atom. The number of amides is 3. The third-order valence-electron chi connectivity index (χ3n) is 7.45. The lowest BCUT2D eigenvalue weighted by atomic mass is 10.0. The van der Waals surface area contributed by atoms with Gasteiger partial charge in [-0.3, -0.25) is 19.3 Å². The van der Waals surface area contributed by atoms with Gasteiger partial charge in [0.15, 0.2) is 0 Å². The maximum Gasteiger partial charge on any atom is 0.257 e. The summed E-state index contributed by atoms with van der Waals surface area (Å²) >= 11 is 0. The van der Waals surface area contributed by atoms with Crippen LogP contribution in [0.15, 0.2) is 18.2 Å². The minimum Gasteiger partial charge on any atom is -0.491 e. The zero-order valence-corrected chi connectivity index (χ0v) is 22.4. The first-order valence-electron chi connectivity index (χ1n) is 13.2. The molecule has 2 heterocycles. The molecule has 0 unspecified atom stereocenters. The van der Waals surface area contributed by atoms with Crippen molar-refractivity contribution in [3.8, 4) is 5.75 Å². The summed E-state index contributed by atoms with van der Waals surface area (Å²) in [5, 5.41) is 2.93. The van der Waals surface area contributed by atoms with Crippen molar-refractivity contribution >= 4 is 23.4 Å². The highest BCUT2D eigenvalue weighted by Gasteiger charge is 2.32. The number of carbonyl (C=O) groups is 3. The van der Waals surface area contributed by atoms with Crippen LogP contribution in [0.1, 0.15) is 37.0 Å². The van der Waals surface area contributed by atoms with E-state index in [0.29, 0.717) is 49.8 Å². The van der Waals surface area contributed by atoms with Gasteiger partial charge in [-0.1, -0.05) is 6.92 Å². The maximum atomic E-state index is 13.5. The Balaban J connectivity index is 1.58. The molecule has 3 aliphatic rings. The van der Waals surface area contributed by atoms with E-state index in [1.54, 1.807) is 37.3 Å². The number of methoxy groups -OCH3 is 1. The average molecular weight is 517 g/mol. The summed E-state index contributed by atoms with van der Waals surface area (Å²) in [5.74, 6) is 0.288. The number of anilines is 1. The number of nitrogens with zero attached hydrogens (tertiary/aromatic N) is 3. The molecule has 1 aliphatic carbocycles. The first-order chi connectivity index (χ1) is 17.8. The van der Waals surface area contributed by atoms with Gasteiger partial charge in [-0.25, -0.2) is 0 Å². The number of morpholine rings is 1. The molecule has 204 valence electrons. The van der Waals surface area contributed by atoms with Gasteiger partial charge in [-0.15, -0.1) is 0 Å². The van der Waals surface area contributed by atoms with E-state index in [2.05, 4.69) is 10.2 Å². The fourth-order valence-corrected chi connectivity index (χ4v) is 4.83. The third kappa shape index (κ3) is 7.00. The lowest BCUT2D eigenvalue weighted by molar-refractivity contribution is -0.137. The second-order valence-electron chi connectivity index (χ2n) is 10.5. The van der Waals surface area contributed by atoms with E-state index in [1.165, 1.54) is 0 Å². The number of carbonyl (C=O) groups excluding carboxylic acids is 3. The van der Waals surface area contributed by atoms with Crippen LogP contribution in [0.2, 0.25) is 0 Å². The predicted molar refractivity (Wildman–Crippen MR) is 139 cm³/mol. The smallest absolute Gasteiger partial charge is 0.257 e. The number of benzene rings is 1. The highest BCUT2D eigenvalue weighted by Crippen LogP contribution is 2.32. The summed E-state index contributed by atoms with van der Waals surface area (Å²) in [6.45, 7) is 8.12. The monoisotopic (exact) mass is 516 g/mol. The Morgan fingerprint density at radius 1 is 1.14 bits per heavy atom. The van der Waals surface area contributed by atoms with Crippen LogP contribution < -0.4 is 10.1 Å². The maximum absolute atomic E-state index is 13.5. The van der Waals surface area contributed by atoms with Crippen molar-refractivity contribution in [3.63, 3.8) is 0 Å². The number of likely N-dealkylation sites (N-methyl/N-ethyl adjacent to an activating group) is 1. The molecular formula is C27H40N4O6. The normalized spacial score (nSPS) is 25.9. The average Bonchev–Trinajstić information content (AvgIpc) is 3.74. The minimum absolute atomic E-state index is 0.00440. The molecule has 0 spiro atoms. The molecule has 1 N–H and O–H groups in total. The lowest BCUT2D eigenvalue weighted by Crippen LogP contribution is -2.52. The zero-order valence-electron chi connectivity index (χ0n) is 22.4. The molecule has 4 rings (SSSR count). The van der Waals surface area contributed by atoms with Crippen LogP contribution in [0.25, 0.3) is 0 Å². The number of hydrogen-bond donors (Lipinski definition) is 1. The second kappa shape index (κ2) is 12.2. The van der Waals surface area contributed by atoms with E-state index >= 15 is 0 Å². The Bertz CT molecular complexity index is 978. The molecule has 1 aromatic rings. The van der Waals surface area contributed by atoms with Gasteiger partial charge in [0.05, 0.1) is 37.5 Å². The van der Waals surface area contributed by atoms with E-state index in [0.717, 1.165) is 25.9 Å². The molecular weight excluding hydrogens is 476 g/mol. The van der Waals surface area contributed by atoms with Crippen molar-refractivity contribution in [2.24, 2.45) is 11.8 Å². The van der Waals surface area contributed by atoms with Crippen molar-refractivity contribution in [1.82, 2.24) is 14.7 Å². The predicted octanol–water partition coefficient (Wildman–Crippen LogP) is 1.70. The van der Waals surface area contributed by atoms with E-state index in [-0.39, 0.29) is 48.3 Å². The summed E-state index contributed by atoms with van der Waals surface area (Å²) in [4.78, 5) is 44.8. The second-order valence-corrected chi connectivity index (χ2v) is 10.5. The molecule has 2 aliphatic heterocycles. The lowest BCUT2D eigenvalue weighted by Gasteiger charge is -2.37. The molecule has 0 aromatic heterocycles. The van der Waals surface area contributed by atoms with Gasteiger partial charge >= 0.3 is 0 Å². The van der Waals surface area contributed by atoms with Crippen molar-refractivity contribution in [1.29, 1.82) is 0 Å². The molecule has 1 aromatic carbocycles. The first kappa shape index (κ1) is 27.3. The van der Waals surface area contributed by atoms with Crippen LogP contribution in [0.3, 0.4) is 0 Å². The van der Waals surface area contributed by atoms with Crippen LogP contribution in [-0.2, 0) is 19.1 Å². The van der Waals surface area contributed by atoms with Gasteiger partial charge in [-0.2, -0.15) is 0 Å². The molecule has 0 radical (unpaired) electrons. The van der Waals surface area contributed by atoms with Crippen LogP contribution in [0, 0.1) is 11.8 Å². The molecule has 3 amide bonds. The van der Waals surface area contributed by atoms with Crippen molar-refractivity contribution in [2.45, 2.75) is 38.8 Å². The van der Waals surface area contributed by atoms with Crippen LogP contribution in [0.4, 0.5) is 5.69 Å². The van der Waals surface area contributed by atoms with E-state index < -0.39 is 0 Å². The Labute approximate surface area is 219 Å². The summed E-state index contributed by atoms with van der Waals surface area (Å²) < 4.78 is 17.4. The van der Waals surface area contributed by atoms with E-state index in [1.807, 2.05) is 18.7 Å². The van der Waals surface area contributed by atoms with Gasteiger partial charge in [-0.05, 0) is 31.9 Å². The van der Waals surface area contributed by atoms with Crippen molar-refractivity contribution < 1.29 is 28.6 Å². The topological polar surface area (TPSA) is 101 Å². The van der Waals surface area contributed by atoms with Crippen molar-refractivity contribution in [2.75, 3.05) is 72.0 Å². The van der Waals surface area contributed by atoms with Crippen LogP contribution in [0.5, 0.6) is 5.75 Å². The highest BCUT2D eigenvalue weighted by atomic mass is 16.5. The number of nitrogens with one attached hydrogen (secondary N) is 1. The number of fused-ring (bicyclic) bond motifs is 1. The first-order valence-corrected chi connectivity index (χ1v) is 13.2. The molecule has 10 heteroatoms. The summed E-state index contributed by atoms with van der Waals surface area (Å²) in [5.41, 5.74) is 1.00. The Hall–Kier alpha value is -2.69. The van der Waals surface area contributed by atoms with Crippen LogP contribution in [-0.4, -0.2) is 111 Å². The molecule has 0 bridgehead atoms. The van der Waals surface area contributed by atoms with Crippen molar-refractivity contribution in [3.05, 3.63) is 23.8 Å². The fraction of sp³-hybridized carbons (Fsp3) is 0.667. The molecule has 1 saturated carbocycles. The van der Waals surface area contributed by atoms with Crippen LogP contribution >= 0.6 is 0 Å². The minimum atomic E-state index is -0.249. The number of ether oxygens (including phenoxy) is 3. The molecule has 1 saturated heterocycles. The van der Waals surface area contributed by atoms with E-state index in [4.69, 9.17) is 14.2 Å².